The van der Waals surface area contributed by atoms with E-state index in [0.29, 0.717) is 36.4 Å². The quantitative estimate of drug-likeness (QED) is 0.0473. The number of rotatable bonds is 17. The van der Waals surface area contributed by atoms with Crippen molar-refractivity contribution < 1.29 is 87.6 Å². The third kappa shape index (κ3) is 12.6. The smallest absolute Gasteiger partial charge is 0.315 e. The molecule has 9 N–H and O–H groups in total. The van der Waals surface area contributed by atoms with E-state index in [1.165, 1.54) is 24.3 Å². The lowest BCUT2D eigenvalue weighted by molar-refractivity contribution is 0.0956. The minimum atomic E-state index is -5.52. The minimum absolute atomic E-state index is 0.00605. The van der Waals surface area contributed by atoms with Crippen molar-refractivity contribution in [2.45, 2.75) is 19.6 Å². The van der Waals surface area contributed by atoms with Crippen molar-refractivity contribution in [3.05, 3.63) is 72.3 Å². The molecule has 0 spiro atoms. The van der Waals surface area contributed by atoms with Gasteiger partial charge in [0, 0.05) is 23.2 Å². The van der Waals surface area contributed by atoms with Gasteiger partial charge in [0.2, 0.25) is 11.9 Å². The second-order valence-corrected chi connectivity index (χ2v) is 22.1. The molecule has 5 aromatic rings. The van der Waals surface area contributed by atoms with Crippen LogP contribution in [0, 0.1) is 6.08 Å². The van der Waals surface area contributed by atoms with E-state index in [1.54, 1.807) is 0 Å². The number of nitrogens with one attached hydrogen (secondary N) is 3. The molecule has 0 saturated carbocycles. The monoisotopic (exact) mass is 1010 g/mol. The topological polar surface area (TPSA) is 443 Å². The van der Waals surface area contributed by atoms with Crippen LogP contribution in [0.5, 0.6) is 5.75 Å². The Kier molecular flexibility index (Phi) is 13.7. The molecule has 5 rings (SSSR count). The number of carbonyl (C=O) groups is 1. The third-order valence-electron chi connectivity index (χ3n) is 8.05. The van der Waals surface area contributed by atoms with Crippen LogP contribution in [0.1, 0.15) is 10.4 Å². The lowest BCUT2D eigenvalue weighted by Crippen LogP contribution is -2.31. The number of azo groups is 1. The molecule has 0 aliphatic carbocycles. The van der Waals surface area contributed by atoms with Crippen molar-refractivity contribution in [2.75, 3.05) is 34.4 Å². The van der Waals surface area contributed by atoms with Crippen molar-refractivity contribution in [1.29, 1.82) is 0 Å². The molecule has 4 aromatic carbocycles. The van der Waals surface area contributed by atoms with E-state index >= 15 is 0 Å². The number of aromatic hydroxyl groups is 1. The van der Waals surface area contributed by atoms with Gasteiger partial charge in [0.1, 0.15) is 21.2 Å². The summed E-state index contributed by atoms with van der Waals surface area (Å²) in [5.74, 6) is -6.25. The van der Waals surface area contributed by atoms with Crippen molar-refractivity contribution >= 4 is 112 Å². The number of amides is 1. The highest BCUT2D eigenvalue weighted by molar-refractivity contribution is 7.93. The predicted molar refractivity (Wildman–Crippen MR) is 216 cm³/mol. The molecular formula is C30H27FN8O19S6. The number of halogens is 1. The summed E-state index contributed by atoms with van der Waals surface area (Å²) in [4.78, 5) is 19.0. The highest BCUT2D eigenvalue weighted by atomic mass is 32.2. The van der Waals surface area contributed by atoms with Gasteiger partial charge in [0.25, 0.3) is 56.5 Å². The van der Waals surface area contributed by atoms with Crippen molar-refractivity contribution in [3.63, 3.8) is 0 Å². The molecule has 0 aliphatic rings. The fourth-order valence-corrected chi connectivity index (χ4v) is 10.0. The summed E-state index contributed by atoms with van der Waals surface area (Å²) in [6.45, 7) is -0.470. The fraction of sp³-hybridized carbons (Fsp3) is 0.133. The Morgan fingerprint density at radius 2 is 1.27 bits per heavy atom. The normalized spacial score (nSPS) is 13.0. The molecule has 1 aromatic heterocycles. The zero-order chi connectivity index (χ0) is 47.8. The summed E-state index contributed by atoms with van der Waals surface area (Å²) in [7, 11) is -29.6. The Morgan fingerprint density at radius 1 is 0.641 bits per heavy atom. The van der Waals surface area contributed by atoms with Gasteiger partial charge in [-0.25, -0.2) is 8.42 Å². The number of hydrogen-bond donors (Lipinski definition) is 9. The molecule has 1 amide bonds. The summed E-state index contributed by atoms with van der Waals surface area (Å²) in [5, 5.41) is 24.1. The number of fused-ring (bicyclic) bond motifs is 1. The summed E-state index contributed by atoms with van der Waals surface area (Å²) in [5.41, 5.74) is -3.14. The van der Waals surface area contributed by atoms with Gasteiger partial charge in [-0.1, -0.05) is 6.07 Å². The van der Waals surface area contributed by atoms with Gasteiger partial charge in [-0.15, -0.1) is 10.2 Å². The zero-order valence-electron chi connectivity index (χ0n) is 31.2. The van der Waals surface area contributed by atoms with Crippen LogP contribution in [0.15, 0.2) is 90.5 Å². The fourth-order valence-electron chi connectivity index (χ4n) is 5.26. The maximum Gasteiger partial charge on any atom is 0.315 e. The first-order chi connectivity index (χ1) is 29.3. The number of hydrogen-bond acceptors (Lipinski definition) is 21. The van der Waals surface area contributed by atoms with E-state index in [0.717, 1.165) is 0 Å². The highest BCUT2D eigenvalue weighted by Gasteiger charge is 2.27. The van der Waals surface area contributed by atoms with Crippen LogP contribution in [0.3, 0.4) is 0 Å². The van der Waals surface area contributed by atoms with E-state index in [1.807, 2.05) is 0 Å². The number of anilines is 4. The van der Waals surface area contributed by atoms with Crippen LogP contribution in [-0.2, 0) is 60.4 Å². The second-order valence-electron chi connectivity index (χ2n) is 12.6. The molecule has 0 saturated heterocycles. The molecule has 0 unspecified atom stereocenters. The molecule has 1 heterocycles. The van der Waals surface area contributed by atoms with E-state index in [-0.39, 0.29) is 11.3 Å². The summed E-state index contributed by atoms with van der Waals surface area (Å²) >= 11 is 0. The summed E-state index contributed by atoms with van der Waals surface area (Å²) in [6.07, 6.45) is -1.53. The van der Waals surface area contributed by atoms with E-state index < -0.39 is 161 Å². The molecule has 27 nitrogen and oxygen atoms in total. The number of phenolic OH excluding ortho intramolecular Hbond substituents is 1. The average molecular weight is 1010 g/mol. The zero-order valence-corrected chi connectivity index (χ0v) is 36.1. The van der Waals surface area contributed by atoms with Crippen LogP contribution in [0.4, 0.5) is 39.0 Å². The average Bonchev–Trinajstić information content (AvgIpc) is 3.14. The molecule has 64 heavy (non-hydrogen) atoms. The Bertz CT molecular complexity index is 3470. The van der Waals surface area contributed by atoms with Gasteiger partial charge in [0.05, 0.1) is 32.7 Å². The molecule has 0 radical (unpaired) electrons. The number of benzene rings is 4. The SMILES string of the molecule is O=C(NCCS(=O)(=O)CCS(=O)(=O)O)c1cccc(Nc2nc(F)nc(Nc3cc(S(=O)(=O)O)cc4cc(S(=O)(=O)O)c(N=Nc5cc(S(=O)(=O)O)ccc5S(=O)(=O)O)c(O)c34)n2)c1. The van der Waals surface area contributed by atoms with Gasteiger partial charge in [-0.3, -0.25) is 27.6 Å². The lowest BCUT2D eigenvalue weighted by atomic mass is 10.1. The van der Waals surface area contributed by atoms with Crippen LogP contribution in [0.25, 0.3) is 10.8 Å². The molecular weight excluding hydrogens is 988 g/mol. The number of carbonyl (C=O) groups excluding carboxylic acids is 1. The molecule has 344 valence electrons. The number of phenols is 1. The van der Waals surface area contributed by atoms with E-state index in [4.69, 9.17) is 4.55 Å². The predicted octanol–water partition coefficient (Wildman–Crippen LogP) is 1.79. The van der Waals surface area contributed by atoms with Crippen LogP contribution in [-0.4, -0.2) is 123 Å². The molecule has 0 bridgehead atoms. The molecule has 0 atom stereocenters. The Labute approximate surface area is 360 Å². The Morgan fingerprint density at radius 3 is 1.86 bits per heavy atom. The Hall–Kier alpha value is -5.95. The van der Waals surface area contributed by atoms with E-state index in [2.05, 4.69) is 41.1 Å². The summed E-state index contributed by atoms with van der Waals surface area (Å²) in [6, 6.07) is 8.10. The second kappa shape index (κ2) is 17.9. The van der Waals surface area contributed by atoms with Crippen LogP contribution in [0.2, 0.25) is 0 Å². The standard InChI is InChI=1S/C30H27FN8O19S6/c31-28-35-29(33-17-3-1-2-15(10-17)27(41)32-6-7-59(42,43)8-9-60(44,45)46)37-30(36-28)34-21-14-19(62(50,51)52)11-16-12-23(64(56,57)58)25(26(40)24(16)21)39-38-20-13-18(61(47,48)49)4-5-22(20)63(53,54)55/h1-5,10-14,40H,6-9H2,(H,32,41)(H,44,45,46)(H,47,48,49)(H,50,51,52)(H,53,54,55)(H,56,57,58)(H2,33,34,35,36,37). The van der Waals surface area contributed by atoms with Gasteiger partial charge in [-0.05, 0) is 60.0 Å². The largest absolute Gasteiger partial charge is 0.505 e. The molecule has 34 heteroatoms. The van der Waals surface area contributed by atoms with Gasteiger partial charge < -0.3 is 21.1 Å². The van der Waals surface area contributed by atoms with Crippen LogP contribution >= 0.6 is 0 Å². The lowest BCUT2D eigenvalue weighted by Gasteiger charge is -2.15. The Balaban J connectivity index is 1.55. The number of sulfone groups is 1. The third-order valence-corrected chi connectivity index (χ3v) is 14.1. The van der Waals surface area contributed by atoms with Crippen molar-refractivity contribution in [1.82, 2.24) is 20.3 Å². The van der Waals surface area contributed by atoms with Gasteiger partial charge in [-0.2, -0.15) is 61.4 Å². The number of nitrogens with zero attached hydrogens (tertiary/aromatic N) is 5. The van der Waals surface area contributed by atoms with Crippen molar-refractivity contribution in [2.24, 2.45) is 10.2 Å². The molecule has 0 fully saturated rings. The molecule has 0 aliphatic heterocycles. The maximum absolute atomic E-state index is 14.9. The van der Waals surface area contributed by atoms with Gasteiger partial charge in [0.15, 0.2) is 15.6 Å². The first kappa shape index (κ1) is 49.1. The first-order valence-electron chi connectivity index (χ1n) is 16.6. The van der Waals surface area contributed by atoms with Crippen molar-refractivity contribution in [3.8, 4) is 5.75 Å². The first-order valence-corrected chi connectivity index (χ1v) is 25.8. The number of aromatic nitrogens is 3. The highest BCUT2D eigenvalue weighted by Crippen LogP contribution is 2.46. The minimum Gasteiger partial charge on any atom is -0.505 e. The van der Waals surface area contributed by atoms with Crippen LogP contribution < -0.4 is 16.0 Å². The summed E-state index contributed by atoms with van der Waals surface area (Å²) < 4.78 is 205. The maximum atomic E-state index is 14.9. The van der Waals surface area contributed by atoms with E-state index in [9.17, 15) is 83.0 Å². The van der Waals surface area contributed by atoms with Gasteiger partial charge >= 0.3 is 6.08 Å².